The number of nitrogens with two attached hydrogens (primary N) is 1. The number of aliphatic hydroxyl groups excluding tert-OH is 1. The van der Waals surface area contributed by atoms with Crippen molar-refractivity contribution < 1.29 is 58.1 Å². The van der Waals surface area contributed by atoms with Gasteiger partial charge in [0.2, 0.25) is 17.7 Å². The van der Waals surface area contributed by atoms with Crippen molar-refractivity contribution in [3.63, 3.8) is 0 Å². The zero-order chi connectivity index (χ0) is 64.9. The van der Waals surface area contributed by atoms with Gasteiger partial charge in [-0.25, -0.2) is 39.9 Å². The van der Waals surface area contributed by atoms with Gasteiger partial charge in [0, 0.05) is 63.1 Å². The highest BCUT2D eigenvalue weighted by atomic mass is 32.1. The molecular weight excluding hydrogens is 1300 g/mol. The molecule has 10 bridgehead atoms. The molecule has 92 heavy (non-hydrogen) atoms. The van der Waals surface area contributed by atoms with Crippen molar-refractivity contribution in [1.29, 1.82) is 0 Å². The molecule has 7 unspecified atom stereocenters. The van der Waals surface area contributed by atoms with E-state index in [2.05, 4.69) is 36.2 Å². The highest BCUT2D eigenvalue weighted by Crippen LogP contribution is 2.40. The summed E-state index contributed by atoms with van der Waals surface area (Å²) >= 11 is 7.33. The molecule has 11 rings (SSSR count). The molecule has 1 aromatic carbocycles. The van der Waals surface area contributed by atoms with Crippen LogP contribution in [-0.2, 0) is 39.9 Å². The van der Waals surface area contributed by atoms with E-state index in [-0.39, 0.29) is 72.0 Å². The minimum absolute atomic E-state index is 0.00382. The van der Waals surface area contributed by atoms with Gasteiger partial charge in [0.15, 0.2) is 17.8 Å². The van der Waals surface area contributed by atoms with E-state index in [9.17, 15) is 53.4 Å². The number of aliphatic hydroxyl groups is 1. The van der Waals surface area contributed by atoms with Gasteiger partial charge in [-0.05, 0) is 49.8 Å². The first kappa shape index (κ1) is 64.9. The SMILES string of the molecule is CC(NC(=O)C(CO)CC(=O)C1CCCN1C(=O)C1=NC(c2csc(-c3ccc4c(n3)-c3csc(n3)-c3csc(n3)C(Cc3ccccc3)NC(=O)CNC(=O)c3csc(n3)C(C(C)C)CC(=O)c3csc(n3)C(CC(N)=O)NC(=O)c3csc-4n3)n2)OC1)C(=O)O. The fourth-order valence-corrected chi connectivity index (χ4v) is 15.7. The number of carbonyl (C=O) groups is 9. The number of aliphatic carboxylic acids is 1. The maximum Gasteiger partial charge on any atom is 0.325 e. The van der Waals surface area contributed by atoms with Gasteiger partial charge >= 0.3 is 5.97 Å². The number of primary amides is 1. The summed E-state index contributed by atoms with van der Waals surface area (Å²) in [7, 11) is 0. The van der Waals surface area contributed by atoms with E-state index in [1.807, 2.05) is 54.9 Å². The average Bonchev–Trinajstić information content (AvgIpc) is 1.72. The average molecular weight is 1360 g/mol. The lowest BCUT2D eigenvalue weighted by Gasteiger charge is -2.25. The molecule has 476 valence electrons. The quantitative estimate of drug-likeness (QED) is 0.0567. The van der Waals surface area contributed by atoms with Gasteiger partial charge in [-0.1, -0.05) is 44.2 Å². The molecule has 7 aromatic heterocycles. The Kier molecular flexibility index (Phi) is 20.1. The second kappa shape index (κ2) is 28.5. The van der Waals surface area contributed by atoms with Crippen molar-refractivity contribution >= 4 is 127 Å². The van der Waals surface area contributed by atoms with Gasteiger partial charge in [0.25, 0.3) is 17.7 Å². The number of hydrogen-bond donors (Lipinski definition) is 7. The number of carboxylic acid groups (broad SMARTS) is 1. The normalized spacial score (nSPS) is 19.6. The van der Waals surface area contributed by atoms with Crippen LogP contribution in [0.1, 0.15) is 135 Å². The van der Waals surface area contributed by atoms with E-state index in [0.717, 1.165) is 28.2 Å². The second-order valence-corrected chi connectivity index (χ2v) is 27.4. The molecule has 1 fully saturated rings. The predicted molar refractivity (Wildman–Crippen MR) is 343 cm³/mol. The van der Waals surface area contributed by atoms with Gasteiger partial charge in [-0.2, -0.15) is 0 Å². The highest BCUT2D eigenvalue weighted by molar-refractivity contribution is 7.15. The number of aromatic nitrogens is 7. The van der Waals surface area contributed by atoms with Crippen molar-refractivity contribution in [3.8, 4) is 43.4 Å². The number of likely N-dealkylation sites (tertiary alicyclic amines) is 1. The molecular formula is C60H58N14O12S6. The van der Waals surface area contributed by atoms with E-state index in [0.29, 0.717) is 78.3 Å². The Morgan fingerprint density at radius 1 is 0.728 bits per heavy atom. The standard InChI is InChI=1S/C60H58N14O12S6/c1-27(2)32-16-44(76)37-21-89-57(68-37)35(17-46(61)78)66-51(82)40-24-87-53(71-40)31-11-12-33(55-72-41(25-91-55)52-67-36(20-86-52)59(83)74-13-7-10-43(74)45(77)15-30(19-75)49(80)63-28(3)60(84)85)65-48(31)38-22-90-58(69-38)42-26-92-56(73-42)34(14-29-8-5-4-6-9-29)64-47(79)18-62-50(81)39-23-88-54(32)70-39/h4-6,8-9,11-12,21-28,30,32,34-35,43,52,75H,7,10,13-20H2,1-3H3,(H2,61,78)(H,62,81)(H,63,80)(H,64,79)(H,66,82)(H,84,85). The fraction of sp³-hybridized carbons (Fsp3) is 0.350. The van der Waals surface area contributed by atoms with E-state index in [4.69, 9.17) is 35.4 Å². The van der Waals surface area contributed by atoms with Crippen LogP contribution in [0.15, 0.2) is 79.7 Å². The number of nitrogens with one attached hydrogen (secondary N) is 4. The van der Waals surface area contributed by atoms with Crippen LogP contribution in [0.4, 0.5) is 0 Å². The maximum atomic E-state index is 14.2. The molecule has 3 aliphatic rings. The van der Waals surface area contributed by atoms with Crippen molar-refractivity contribution in [2.45, 2.75) is 95.6 Å². The number of hydrogen-bond acceptors (Lipinski definition) is 25. The number of fused-ring (bicyclic) bond motifs is 14. The third kappa shape index (κ3) is 14.8. The Morgan fingerprint density at radius 3 is 2.15 bits per heavy atom. The molecule has 0 radical (unpaired) electrons. The third-order valence-electron chi connectivity index (χ3n) is 15.3. The molecule has 10 heterocycles. The Labute approximate surface area is 548 Å². The van der Waals surface area contributed by atoms with Crippen LogP contribution in [0.2, 0.25) is 0 Å². The summed E-state index contributed by atoms with van der Waals surface area (Å²) in [6, 6.07) is 9.30. The van der Waals surface area contributed by atoms with Crippen LogP contribution in [0.25, 0.3) is 43.4 Å². The molecule has 6 amide bonds. The number of ether oxygens (including phenoxy) is 1. The van der Waals surface area contributed by atoms with Gasteiger partial charge < -0.3 is 46.9 Å². The van der Waals surface area contributed by atoms with Gasteiger partial charge in [-0.3, -0.25) is 43.2 Å². The predicted octanol–water partition coefficient (Wildman–Crippen LogP) is 6.61. The van der Waals surface area contributed by atoms with E-state index in [1.54, 1.807) is 33.7 Å². The number of thiazole rings is 6. The summed E-state index contributed by atoms with van der Waals surface area (Å²) in [5, 5.41) is 42.9. The second-order valence-electron chi connectivity index (χ2n) is 22.1. The lowest BCUT2D eigenvalue weighted by atomic mass is 9.90. The molecule has 32 heteroatoms. The number of carboxylic acids is 1. The van der Waals surface area contributed by atoms with Crippen molar-refractivity contribution in [2.24, 2.45) is 22.6 Å². The summed E-state index contributed by atoms with van der Waals surface area (Å²) in [6.45, 7) is 4.11. The molecule has 3 aliphatic heterocycles. The molecule has 8 aromatic rings. The largest absolute Gasteiger partial charge is 0.480 e. The van der Waals surface area contributed by atoms with Crippen LogP contribution in [0.3, 0.4) is 0 Å². The number of nitrogens with zero attached hydrogens (tertiary/aromatic N) is 9. The summed E-state index contributed by atoms with van der Waals surface area (Å²) in [4.78, 5) is 160. The minimum atomic E-state index is -1.28. The highest BCUT2D eigenvalue weighted by Gasteiger charge is 2.40. The zero-order valence-corrected chi connectivity index (χ0v) is 54.1. The Balaban J connectivity index is 0.895. The number of carbonyl (C=O) groups excluding carboxylic acids is 8. The van der Waals surface area contributed by atoms with E-state index in [1.165, 1.54) is 57.2 Å². The summed E-state index contributed by atoms with van der Waals surface area (Å²) in [6.07, 6.45) is -0.571. The number of ketones is 2. The summed E-state index contributed by atoms with van der Waals surface area (Å²) in [5.74, 6) is -7.52. The Hall–Kier alpha value is -8.63. The smallest absolute Gasteiger partial charge is 0.325 e. The zero-order valence-electron chi connectivity index (χ0n) is 49.2. The minimum Gasteiger partial charge on any atom is -0.480 e. The molecule has 0 aliphatic carbocycles. The fourth-order valence-electron chi connectivity index (χ4n) is 10.4. The Bertz CT molecular complexity index is 4170. The van der Waals surface area contributed by atoms with Crippen LogP contribution in [0, 0.1) is 11.8 Å². The first-order valence-electron chi connectivity index (χ1n) is 28.9. The van der Waals surface area contributed by atoms with Crippen LogP contribution in [-0.4, -0.2) is 147 Å². The maximum absolute atomic E-state index is 14.2. The van der Waals surface area contributed by atoms with Crippen molar-refractivity contribution in [3.05, 3.63) is 118 Å². The summed E-state index contributed by atoms with van der Waals surface area (Å²) in [5.41, 5.74) is 9.46. The molecule has 1 saturated heterocycles. The molecule has 7 atom stereocenters. The van der Waals surface area contributed by atoms with Crippen LogP contribution < -0.4 is 27.0 Å². The number of amides is 6. The van der Waals surface area contributed by atoms with Crippen molar-refractivity contribution in [2.75, 3.05) is 26.3 Å². The van der Waals surface area contributed by atoms with Gasteiger partial charge in [0.05, 0.1) is 60.9 Å². The molecule has 26 nitrogen and oxygen atoms in total. The van der Waals surface area contributed by atoms with Crippen LogP contribution >= 0.6 is 68.0 Å². The number of rotatable bonds is 15. The number of benzene rings is 1. The molecule has 0 spiro atoms. The molecule has 0 saturated carbocycles. The monoisotopic (exact) mass is 1360 g/mol. The number of aliphatic imine (C=N–C) groups is 1. The lowest BCUT2D eigenvalue weighted by Crippen LogP contribution is -2.47. The Morgan fingerprint density at radius 2 is 1.39 bits per heavy atom. The number of pyridine rings is 1. The first-order valence-corrected chi connectivity index (χ1v) is 34.2. The van der Waals surface area contributed by atoms with Crippen molar-refractivity contribution in [1.82, 2.24) is 61.1 Å². The third-order valence-corrected chi connectivity index (χ3v) is 20.8. The summed E-state index contributed by atoms with van der Waals surface area (Å²) < 4.78 is 6.00. The van der Waals surface area contributed by atoms with Gasteiger partial charge in [0.1, 0.15) is 76.6 Å². The van der Waals surface area contributed by atoms with E-state index < -0.39 is 102 Å². The first-order chi connectivity index (χ1) is 44.3. The topological polar surface area (TPSA) is 383 Å². The van der Waals surface area contributed by atoms with Crippen LogP contribution in [0.5, 0.6) is 0 Å². The molecule has 8 N–H and O–H groups in total. The van der Waals surface area contributed by atoms with Gasteiger partial charge in [-0.15, -0.1) is 68.0 Å². The lowest BCUT2D eigenvalue weighted by molar-refractivity contribution is -0.142. The van der Waals surface area contributed by atoms with E-state index >= 15 is 0 Å². The number of Topliss-reactive ketones (excluding diaryl/α,β-unsaturated/α-hetero) is 2.